The number of amides is 1. The van der Waals surface area contributed by atoms with E-state index in [4.69, 9.17) is 9.47 Å². The Morgan fingerprint density at radius 3 is 2.76 bits per heavy atom. The molecule has 0 aliphatic rings. The van der Waals surface area contributed by atoms with E-state index in [1.807, 2.05) is 19.1 Å². The maximum atomic E-state index is 12.4. The van der Waals surface area contributed by atoms with Crippen LogP contribution in [0.25, 0.3) is 0 Å². The van der Waals surface area contributed by atoms with Gasteiger partial charge in [0.25, 0.3) is 5.91 Å². The van der Waals surface area contributed by atoms with Crippen molar-refractivity contribution in [3.8, 4) is 5.75 Å². The second kappa shape index (κ2) is 8.67. The van der Waals surface area contributed by atoms with Gasteiger partial charge in [-0.25, -0.2) is 0 Å². The van der Waals surface area contributed by atoms with Crippen molar-refractivity contribution in [3.05, 3.63) is 41.7 Å². The summed E-state index contributed by atoms with van der Waals surface area (Å²) in [7, 11) is 1.64. The molecule has 0 aliphatic heterocycles. The Bertz CT molecular complexity index is 710. The molecule has 0 bridgehead atoms. The van der Waals surface area contributed by atoms with Gasteiger partial charge in [0, 0.05) is 13.3 Å². The fourth-order valence-corrected chi connectivity index (χ4v) is 2.33. The van der Waals surface area contributed by atoms with Gasteiger partial charge in [0.05, 0.1) is 25.0 Å². The maximum absolute atomic E-state index is 12.4. The van der Waals surface area contributed by atoms with Crippen LogP contribution in [0.2, 0.25) is 0 Å². The predicted octanol–water partition coefficient (Wildman–Crippen LogP) is 3.37. The number of hydrogen-bond acceptors (Lipinski definition) is 4. The summed E-state index contributed by atoms with van der Waals surface area (Å²) >= 11 is 0. The van der Waals surface area contributed by atoms with Crippen LogP contribution >= 0.6 is 0 Å². The fourth-order valence-electron chi connectivity index (χ4n) is 2.33. The zero-order chi connectivity index (χ0) is 18.4. The van der Waals surface area contributed by atoms with E-state index < -0.39 is 6.10 Å². The molecule has 0 radical (unpaired) electrons. The van der Waals surface area contributed by atoms with E-state index in [0.29, 0.717) is 24.8 Å². The van der Waals surface area contributed by atoms with Crippen LogP contribution in [0.4, 0.5) is 5.69 Å². The number of carbonyl (C=O) groups is 1. The van der Waals surface area contributed by atoms with Crippen LogP contribution in [0.5, 0.6) is 5.75 Å². The van der Waals surface area contributed by atoms with Crippen LogP contribution in [0.3, 0.4) is 0 Å². The number of rotatable bonds is 8. The van der Waals surface area contributed by atoms with E-state index in [1.54, 1.807) is 31.1 Å². The lowest BCUT2D eigenvalue weighted by Crippen LogP contribution is -2.30. The van der Waals surface area contributed by atoms with Gasteiger partial charge in [-0.3, -0.25) is 9.48 Å². The topological polar surface area (TPSA) is 65.4 Å². The molecule has 6 nitrogen and oxygen atoms in total. The smallest absolute Gasteiger partial charge is 0.265 e. The molecule has 1 N–H and O–H groups in total. The van der Waals surface area contributed by atoms with E-state index in [1.165, 1.54) is 5.56 Å². The largest absolute Gasteiger partial charge is 0.481 e. The zero-order valence-corrected chi connectivity index (χ0v) is 15.6. The number of benzene rings is 1. The summed E-state index contributed by atoms with van der Waals surface area (Å²) in [6.07, 6.45) is 2.78. The Hall–Kier alpha value is -2.34. The molecule has 0 fully saturated rings. The minimum Gasteiger partial charge on any atom is -0.481 e. The van der Waals surface area contributed by atoms with Crippen LogP contribution in [0.1, 0.15) is 37.8 Å². The highest BCUT2D eigenvalue weighted by atomic mass is 16.5. The molecule has 1 aromatic carbocycles. The van der Waals surface area contributed by atoms with Gasteiger partial charge in [-0.05, 0) is 37.0 Å². The van der Waals surface area contributed by atoms with Gasteiger partial charge in [-0.2, -0.15) is 5.10 Å². The number of carbonyl (C=O) groups excluding carboxylic acids is 1. The molecule has 0 spiro atoms. The summed E-state index contributed by atoms with van der Waals surface area (Å²) in [5, 5.41) is 7.00. The monoisotopic (exact) mass is 345 g/mol. The summed E-state index contributed by atoms with van der Waals surface area (Å²) in [6.45, 7) is 9.19. The lowest BCUT2D eigenvalue weighted by molar-refractivity contribution is -0.122. The molecule has 1 amide bonds. The van der Waals surface area contributed by atoms with Crippen molar-refractivity contribution < 1.29 is 14.3 Å². The molecule has 0 aliphatic carbocycles. The number of aryl methyl sites for hydroxylation is 1. The van der Waals surface area contributed by atoms with Gasteiger partial charge < -0.3 is 14.8 Å². The molecular weight excluding hydrogens is 318 g/mol. The maximum Gasteiger partial charge on any atom is 0.265 e. The molecule has 0 saturated carbocycles. The van der Waals surface area contributed by atoms with Crippen molar-refractivity contribution in [1.82, 2.24) is 9.78 Å². The summed E-state index contributed by atoms with van der Waals surface area (Å²) < 4.78 is 12.6. The van der Waals surface area contributed by atoms with Gasteiger partial charge >= 0.3 is 0 Å². The van der Waals surface area contributed by atoms with Crippen LogP contribution in [0.15, 0.2) is 30.6 Å². The van der Waals surface area contributed by atoms with Crippen molar-refractivity contribution in [2.45, 2.75) is 46.3 Å². The second-order valence-corrected chi connectivity index (χ2v) is 6.41. The van der Waals surface area contributed by atoms with Crippen molar-refractivity contribution in [2.24, 2.45) is 0 Å². The average molecular weight is 345 g/mol. The first-order chi connectivity index (χ1) is 11.9. The Kier molecular flexibility index (Phi) is 6.58. The molecular formula is C19H27N3O3. The summed E-state index contributed by atoms with van der Waals surface area (Å²) in [6, 6.07) is 6.12. The molecule has 1 heterocycles. The molecule has 1 aromatic heterocycles. The Balaban J connectivity index is 1.98. The number of aromatic nitrogens is 2. The van der Waals surface area contributed by atoms with Crippen molar-refractivity contribution in [2.75, 3.05) is 19.0 Å². The van der Waals surface area contributed by atoms with E-state index in [-0.39, 0.29) is 5.91 Å². The molecule has 2 aromatic rings. The molecule has 1 unspecified atom stereocenters. The van der Waals surface area contributed by atoms with E-state index >= 15 is 0 Å². The first-order valence-corrected chi connectivity index (χ1v) is 8.50. The quantitative estimate of drug-likeness (QED) is 0.797. The lowest BCUT2D eigenvalue weighted by atomic mass is 10.0. The van der Waals surface area contributed by atoms with Gasteiger partial charge in [0.1, 0.15) is 5.75 Å². The van der Waals surface area contributed by atoms with Crippen molar-refractivity contribution >= 4 is 11.6 Å². The number of hydrogen-bond donors (Lipinski definition) is 1. The lowest BCUT2D eigenvalue weighted by Gasteiger charge is -2.17. The van der Waals surface area contributed by atoms with Crippen LogP contribution in [0, 0.1) is 6.92 Å². The van der Waals surface area contributed by atoms with Crippen molar-refractivity contribution in [1.29, 1.82) is 0 Å². The van der Waals surface area contributed by atoms with Crippen molar-refractivity contribution in [3.63, 3.8) is 0 Å². The highest BCUT2D eigenvalue weighted by Gasteiger charge is 2.17. The normalized spacial score (nSPS) is 12.2. The third kappa shape index (κ3) is 5.32. The number of nitrogens with one attached hydrogen (secondary N) is 1. The van der Waals surface area contributed by atoms with E-state index in [9.17, 15) is 4.79 Å². The van der Waals surface area contributed by atoms with Gasteiger partial charge in [-0.15, -0.1) is 0 Å². The Morgan fingerprint density at radius 2 is 2.08 bits per heavy atom. The number of anilines is 1. The van der Waals surface area contributed by atoms with Crippen LogP contribution in [-0.4, -0.2) is 35.5 Å². The standard InChI is InChI=1S/C19H27N3O3/c1-13(2)16-7-6-14(3)18(10-16)25-15(4)19(23)21-17-11-20-22(12-17)8-9-24-5/h6-7,10-13,15H,8-9H2,1-5H3,(H,21,23). The first-order valence-electron chi connectivity index (χ1n) is 8.50. The number of ether oxygens (including phenoxy) is 2. The highest BCUT2D eigenvalue weighted by molar-refractivity contribution is 5.93. The fraction of sp³-hybridized carbons (Fsp3) is 0.474. The predicted molar refractivity (Wildman–Crippen MR) is 98.1 cm³/mol. The minimum atomic E-state index is -0.608. The summed E-state index contributed by atoms with van der Waals surface area (Å²) in [5.74, 6) is 0.940. The molecule has 25 heavy (non-hydrogen) atoms. The van der Waals surface area contributed by atoms with Crippen LogP contribution in [-0.2, 0) is 16.1 Å². The SMILES string of the molecule is COCCn1cc(NC(=O)C(C)Oc2cc(C(C)C)ccc2C)cn1. The van der Waals surface area contributed by atoms with E-state index in [2.05, 4.69) is 30.3 Å². The molecule has 6 heteroatoms. The Morgan fingerprint density at radius 1 is 1.32 bits per heavy atom. The zero-order valence-electron chi connectivity index (χ0n) is 15.6. The first kappa shape index (κ1) is 19.0. The van der Waals surface area contributed by atoms with Gasteiger partial charge in [0.2, 0.25) is 0 Å². The summed E-state index contributed by atoms with van der Waals surface area (Å²) in [5.41, 5.74) is 2.84. The van der Waals surface area contributed by atoms with E-state index in [0.717, 1.165) is 11.3 Å². The molecule has 136 valence electrons. The van der Waals surface area contributed by atoms with Crippen LogP contribution < -0.4 is 10.1 Å². The summed E-state index contributed by atoms with van der Waals surface area (Å²) in [4.78, 5) is 12.4. The Labute approximate surface area is 149 Å². The third-order valence-electron chi connectivity index (χ3n) is 3.98. The number of nitrogens with zero attached hydrogens (tertiary/aromatic N) is 2. The molecule has 1 atom stereocenters. The number of methoxy groups -OCH3 is 1. The third-order valence-corrected chi connectivity index (χ3v) is 3.98. The van der Waals surface area contributed by atoms with Gasteiger partial charge in [0.15, 0.2) is 6.10 Å². The second-order valence-electron chi connectivity index (χ2n) is 6.41. The molecule has 0 saturated heterocycles. The average Bonchev–Trinajstić information content (AvgIpc) is 3.01. The highest BCUT2D eigenvalue weighted by Crippen LogP contribution is 2.25. The molecule has 2 rings (SSSR count). The van der Waals surface area contributed by atoms with Gasteiger partial charge in [-0.1, -0.05) is 26.0 Å². The minimum absolute atomic E-state index is 0.208.